The van der Waals surface area contributed by atoms with Gasteiger partial charge in [-0.05, 0) is 63.5 Å². The van der Waals surface area contributed by atoms with Crippen LogP contribution in [0.3, 0.4) is 0 Å². The monoisotopic (exact) mass is 1800 g/mol. The number of hydrogen-bond acceptors (Lipinski definition) is 31. The molecule has 0 N–H and O–H groups in total. The Kier molecular flexibility index (Phi) is 35.1. The summed E-state index contributed by atoms with van der Waals surface area (Å²) in [5.74, 6) is 0. The third kappa shape index (κ3) is 21.8. The molecule has 22 fully saturated rings. The first kappa shape index (κ1) is 100. The van der Waals surface area contributed by atoms with E-state index in [-0.39, 0.29) is 43.9 Å². The van der Waals surface area contributed by atoms with Gasteiger partial charge in [0, 0.05) is 142 Å². The molecule has 0 spiro atoms. The van der Waals surface area contributed by atoms with Gasteiger partial charge in [-0.25, -0.2) is 0 Å². The summed E-state index contributed by atoms with van der Waals surface area (Å²) in [6.45, 7) is 26.0. The maximum absolute atomic E-state index is 7.77. The van der Waals surface area contributed by atoms with Gasteiger partial charge >= 0.3 is 8.24 Å². The van der Waals surface area contributed by atoms with E-state index in [1.165, 1.54) is 35.5 Å². The zero-order valence-electron chi connectivity index (χ0n) is 78.2. The highest BCUT2D eigenvalue weighted by Crippen LogP contribution is 2.49. The van der Waals surface area contributed by atoms with Crippen molar-refractivity contribution in [1.82, 2.24) is 0 Å². The number of rotatable bonds is 27. The Morgan fingerprint density at radius 3 is 0.728 bits per heavy atom. The first-order valence-electron chi connectivity index (χ1n) is 43.0. The van der Waals surface area contributed by atoms with Crippen molar-refractivity contribution in [3.8, 4) is 0 Å². The minimum Gasteiger partial charge on any atom is -0.399 e. The molecule has 23 heterocycles. The molecule has 33 heteroatoms. The molecule has 0 amide bonds. The summed E-state index contributed by atoms with van der Waals surface area (Å²) in [7, 11) is 21.1. The Morgan fingerprint density at radius 1 is 0.272 bits per heavy atom. The van der Waals surface area contributed by atoms with Crippen molar-refractivity contribution in [3.63, 3.8) is 0 Å². The highest BCUT2D eigenvalue weighted by atomic mass is 31.1. The van der Waals surface area contributed by atoms with Crippen LogP contribution >= 0.6 is 16.2 Å². The van der Waals surface area contributed by atoms with Crippen LogP contribution in [0.5, 0.6) is 0 Å². The second-order valence-corrected chi connectivity index (χ2v) is 40.2. The molecule has 5 aromatic rings. The van der Waals surface area contributed by atoms with Gasteiger partial charge in [0.2, 0.25) is 0 Å². The van der Waals surface area contributed by atoms with Crippen molar-refractivity contribution in [2.45, 2.75) is 289 Å². The Hall–Kier alpha value is -3.95. The van der Waals surface area contributed by atoms with E-state index in [4.69, 9.17) is 146 Å². The Bertz CT molecular complexity index is 4050. The summed E-state index contributed by atoms with van der Waals surface area (Å²) in [5.41, 5.74) is 3.99. The maximum Gasteiger partial charge on any atom is 0.387 e. The number of methoxy groups -OCH3 is 16. The van der Waals surface area contributed by atoms with Gasteiger partial charge in [0.25, 0.3) is 0 Å². The molecule has 1 aromatic heterocycles. The molecular formula is C92H140O31P2. The van der Waals surface area contributed by atoms with E-state index in [0.29, 0.717) is 17.3 Å². The van der Waals surface area contributed by atoms with Gasteiger partial charge in [-0.2, -0.15) is 0 Å². The molecule has 125 heavy (non-hydrogen) atoms. The SMILES string of the molecule is COC[C@H]1O[C@@H]2O[C@H]3[C@H](OC)[C@@H](OC)[C@@H](O[C@H]4[C@H](OC)[C@@H](OC)[C@@H](O[C@H]5[C@H](OC)[C@@H](OC)[C@@H](O[C@H]6[C@H](OC)[C@@H](OC)[C@@H](O[C@H]7[C@H](OC)[C@@H](OC)[C@@H](O[C@H]1[C@H](OC)[C@H]2OC)O[C@@H]7COC)O[C@@H]6COC)O[C@@H]5CP(c1ccccc1)c1ccccc1)O[C@@H]4COp1oc2c(C(C)(C)C)cc(C(C)(C)C)cc2c2cc(C(C)(C)C)cc(C(C)(C)C)c2o1)O[C@@H]3COC. The van der Waals surface area contributed by atoms with E-state index in [2.05, 4.69) is 132 Å². The van der Waals surface area contributed by atoms with E-state index >= 15 is 0 Å². The van der Waals surface area contributed by atoms with Crippen LogP contribution in [0.2, 0.25) is 0 Å². The van der Waals surface area contributed by atoms with Gasteiger partial charge in [0.15, 0.2) is 37.7 Å². The zero-order chi connectivity index (χ0) is 90.3. The summed E-state index contributed by atoms with van der Waals surface area (Å²) in [4.78, 5) is 0. The largest absolute Gasteiger partial charge is 0.399 e. The van der Waals surface area contributed by atoms with Crippen molar-refractivity contribution >= 4 is 48.7 Å². The molecule has 0 saturated carbocycles. The zero-order valence-corrected chi connectivity index (χ0v) is 80.0. The third-order valence-corrected chi connectivity index (χ3v) is 28.5. The summed E-state index contributed by atoms with van der Waals surface area (Å²) in [6, 6.07) is 29.6. The Labute approximate surface area is 739 Å². The lowest BCUT2D eigenvalue weighted by Crippen LogP contribution is -2.70. The fraction of sp³-hybridized carbons (Fsp3) is 0.739. The summed E-state index contributed by atoms with van der Waals surface area (Å²) in [5, 5.41) is 3.87. The molecule has 0 unspecified atom stereocenters. The topological polar surface area (TPSA) is 294 Å². The third-order valence-electron chi connectivity index (χ3n) is 24.9. The van der Waals surface area contributed by atoms with Gasteiger partial charge in [0.05, 0.1) is 39.1 Å². The normalized spacial score (nSPS) is 35.5. The maximum atomic E-state index is 7.77. The molecule has 12 bridgehead atoms. The van der Waals surface area contributed by atoms with Crippen LogP contribution in [0.25, 0.3) is 21.9 Å². The fourth-order valence-electron chi connectivity index (χ4n) is 18.4. The van der Waals surface area contributed by atoms with Crippen LogP contribution in [0, 0.1) is 0 Å². The highest BCUT2D eigenvalue weighted by molar-refractivity contribution is 7.73. The number of ether oxygens (including phenoxy) is 28. The Morgan fingerprint density at radius 2 is 0.504 bits per heavy atom. The lowest BCUT2D eigenvalue weighted by Gasteiger charge is -2.53. The first-order chi connectivity index (χ1) is 59.8. The lowest BCUT2D eigenvalue weighted by molar-refractivity contribution is -0.408. The average Bonchev–Trinajstić information content (AvgIpc) is 1.64. The summed E-state index contributed by atoms with van der Waals surface area (Å²) < 4.78 is 213. The van der Waals surface area contributed by atoms with Gasteiger partial charge in [-0.1, -0.05) is 156 Å². The van der Waals surface area contributed by atoms with Crippen molar-refractivity contribution < 1.29 is 146 Å². The highest BCUT2D eigenvalue weighted by Gasteiger charge is 2.62. The van der Waals surface area contributed by atoms with Crippen molar-refractivity contribution in [1.29, 1.82) is 0 Å². The smallest absolute Gasteiger partial charge is 0.387 e. The van der Waals surface area contributed by atoms with Gasteiger partial charge < -0.3 is 141 Å². The van der Waals surface area contributed by atoms with E-state index in [9.17, 15) is 0 Å². The van der Waals surface area contributed by atoms with Crippen LogP contribution in [-0.4, -0.2) is 337 Å². The molecule has 4 aromatic carbocycles. The van der Waals surface area contributed by atoms with E-state index in [1.54, 1.807) is 78.2 Å². The first-order valence-corrected chi connectivity index (χ1v) is 45.6. The minimum absolute atomic E-state index is 0.0326. The predicted molar refractivity (Wildman–Crippen MR) is 465 cm³/mol. The van der Waals surface area contributed by atoms with E-state index in [1.807, 2.05) is 36.4 Å². The molecular weight excluding hydrogens is 1660 g/mol. The molecule has 0 radical (unpaired) electrons. The summed E-state index contributed by atoms with van der Waals surface area (Å²) >= 11 is 0. The van der Waals surface area contributed by atoms with Crippen molar-refractivity contribution in [2.75, 3.05) is 153 Å². The van der Waals surface area contributed by atoms with Gasteiger partial charge in [0.1, 0.15) is 152 Å². The van der Waals surface area contributed by atoms with Gasteiger partial charge in [-0.3, -0.25) is 4.52 Å². The molecule has 27 rings (SSSR count). The Balaban J connectivity index is 1.05. The average molecular weight is 1800 g/mol. The molecule has 704 valence electrons. The second kappa shape index (κ2) is 43.8. The minimum atomic E-state index is -2.42. The standard InChI is InChI=1S/C92H140O31P2/c1-89(2,3)49-39-53-54-40-50(90(4,5)6)42-56(92(10,11)12)64(54)123-125(122-63(53)55(41-49)91(7,8)9)109-47-61-69-75(101-21)81(107-27)87(114-61)121-70-62(48-124(51-35-31-29-32-36-51)52-37-33-30-34-38-52)115-88(82(108-28)76(70)102-22)119-68-60(46-96-16)112-85(79(105-25)74(68)100-20)117-66-58(44-94-14)110-83(77(103-23)72(66)98-18)116-65-57(43-93-13)111-84(78(104-24)71(65)97-17)118-67-59(45-95-15)113-86(120-69)80(106-26)73(67)99-19/h29-42,57-62,65-88H,43-48H2,1-28H3/t57-,58-,59-,60-,61-,62-,65-,66-,67-,68-,69-,70-,71+,72+,73+,74+,75+,76+,77-,78-,79-,80-,81-,82-,83-,84-,85-,86-,87-,88-/m1/s1. The molecule has 22 saturated heterocycles. The molecule has 0 aliphatic carbocycles. The summed E-state index contributed by atoms with van der Waals surface area (Å²) in [6.07, 6.45) is -32.3. The van der Waals surface area contributed by atoms with Crippen LogP contribution < -0.4 is 15.1 Å². The second-order valence-electron chi connectivity index (χ2n) is 36.9. The fourth-order valence-corrected chi connectivity index (χ4v) is 21.9. The molecule has 22 aliphatic heterocycles. The quantitative estimate of drug-likeness (QED) is 0.0441. The van der Waals surface area contributed by atoms with E-state index in [0.717, 1.165) is 43.6 Å². The van der Waals surface area contributed by atoms with Crippen LogP contribution in [0.4, 0.5) is 0 Å². The predicted octanol–water partition coefficient (Wildman–Crippen LogP) is 10.5. The molecule has 22 aliphatic rings. The number of hydrogen-bond donors (Lipinski definition) is 0. The van der Waals surface area contributed by atoms with Crippen LogP contribution in [0.15, 0.2) is 93.3 Å². The van der Waals surface area contributed by atoms with Gasteiger partial charge in [-0.15, -0.1) is 0 Å². The van der Waals surface area contributed by atoms with E-state index < -0.39 is 211 Å². The molecule has 30 atom stereocenters. The van der Waals surface area contributed by atoms with Crippen LogP contribution in [0.1, 0.15) is 105 Å². The number of benzene rings is 4. The lowest BCUT2D eigenvalue weighted by atomic mass is 9.77. The van der Waals surface area contributed by atoms with Crippen LogP contribution in [-0.2, 0) is 154 Å². The van der Waals surface area contributed by atoms with Crippen molar-refractivity contribution in [3.05, 3.63) is 107 Å². The molecule has 31 nitrogen and oxygen atoms in total. The van der Waals surface area contributed by atoms with Crippen molar-refractivity contribution in [2.24, 2.45) is 0 Å². The number of fused-ring (bicyclic) bond motifs is 3.